The van der Waals surface area contributed by atoms with Crippen LogP contribution in [0.4, 0.5) is 0 Å². The van der Waals surface area contributed by atoms with Crippen molar-refractivity contribution in [3.05, 3.63) is 40.4 Å². The summed E-state index contributed by atoms with van der Waals surface area (Å²) in [6.45, 7) is 3.50. The van der Waals surface area contributed by atoms with E-state index in [-0.39, 0.29) is 0 Å². The highest BCUT2D eigenvalue weighted by atomic mass is 79.9. The molecule has 1 nitrogen and oxygen atoms in total. The number of hydrogen-bond donors (Lipinski definition) is 1. The van der Waals surface area contributed by atoms with Gasteiger partial charge in [0.25, 0.3) is 0 Å². The molecule has 1 aromatic carbocycles. The molecule has 0 aliphatic heterocycles. The highest BCUT2D eigenvalue weighted by Gasteiger charge is 2.05. The fraction of sp³-hybridized carbons (Fsp3) is 0.273. The van der Waals surface area contributed by atoms with E-state index in [0.29, 0.717) is 0 Å². The van der Waals surface area contributed by atoms with Gasteiger partial charge in [-0.3, -0.25) is 0 Å². The first-order valence-electron chi connectivity index (χ1n) is 4.14. The summed E-state index contributed by atoms with van der Waals surface area (Å²) in [5.74, 6) is 0. The summed E-state index contributed by atoms with van der Waals surface area (Å²) in [5.41, 5.74) is 0.332. The lowest BCUT2D eigenvalue weighted by atomic mass is 10.1. The Labute approximate surface area is 87.2 Å². The van der Waals surface area contributed by atoms with Gasteiger partial charge in [-0.1, -0.05) is 40.2 Å². The van der Waals surface area contributed by atoms with E-state index in [1.807, 2.05) is 30.3 Å². The van der Waals surface area contributed by atoms with Gasteiger partial charge in [0.2, 0.25) is 0 Å². The van der Waals surface area contributed by atoms with Gasteiger partial charge in [0.15, 0.2) is 0 Å². The Morgan fingerprint density at radius 3 is 2.62 bits per heavy atom. The molecule has 1 rings (SSSR count). The molecule has 0 saturated carbocycles. The van der Waals surface area contributed by atoms with Crippen molar-refractivity contribution in [1.29, 1.82) is 0 Å². The molecule has 0 aromatic heterocycles. The molecule has 0 fully saturated rings. The van der Waals surface area contributed by atoms with Gasteiger partial charge in [-0.25, -0.2) is 0 Å². The van der Waals surface area contributed by atoms with E-state index in [9.17, 15) is 5.11 Å². The average Bonchev–Trinajstić information content (AvgIpc) is 2.00. The van der Waals surface area contributed by atoms with Crippen molar-refractivity contribution < 1.29 is 5.11 Å². The van der Waals surface area contributed by atoms with E-state index in [1.165, 1.54) is 0 Å². The molecule has 0 heterocycles. The van der Waals surface area contributed by atoms with Crippen LogP contribution in [0.2, 0.25) is 0 Å². The van der Waals surface area contributed by atoms with Crippen LogP contribution in [-0.2, 0) is 0 Å². The third-order valence-electron chi connectivity index (χ3n) is 1.53. The molecule has 0 amide bonds. The van der Waals surface area contributed by atoms with Crippen molar-refractivity contribution in [3.63, 3.8) is 0 Å². The second-order valence-electron chi connectivity index (χ2n) is 3.54. The van der Waals surface area contributed by atoms with E-state index >= 15 is 0 Å². The zero-order valence-electron chi connectivity index (χ0n) is 7.79. The van der Waals surface area contributed by atoms with Crippen LogP contribution in [0.15, 0.2) is 34.8 Å². The maximum atomic E-state index is 9.45. The summed E-state index contributed by atoms with van der Waals surface area (Å²) in [5, 5.41) is 9.45. The lowest BCUT2D eigenvalue weighted by Gasteiger charge is -2.09. The number of halogens is 1. The first-order chi connectivity index (χ1) is 5.97. The van der Waals surface area contributed by atoms with Crippen molar-refractivity contribution in [2.45, 2.75) is 19.4 Å². The Hall–Kier alpha value is -0.600. The molecular formula is C11H13BrO. The summed E-state index contributed by atoms with van der Waals surface area (Å²) >= 11 is 3.39. The summed E-state index contributed by atoms with van der Waals surface area (Å²) in [6, 6.07) is 7.94. The molecule has 70 valence electrons. The molecule has 0 aliphatic carbocycles. The number of hydrogen-bond acceptors (Lipinski definition) is 1. The van der Waals surface area contributed by atoms with Crippen molar-refractivity contribution >= 4 is 22.0 Å². The summed E-state index contributed by atoms with van der Waals surface area (Å²) in [6.07, 6.45) is 3.68. The van der Waals surface area contributed by atoms with E-state index in [0.717, 1.165) is 10.0 Å². The molecule has 1 N–H and O–H groups in total. The maximum absolute atomic E-state index is 9.45. The Morgan fingerprint density at radius 2 is 2.08 bits per heavy atom. The third-order valence-corrected chi connectivity index (χ3v) is 2.03. The fourth-order valence-corrected chi connectivity index (χ4v) is 1.33. The van der Waals surface area contributed by atoms with Gasteiger partial charge in [-0.05, 0) is 31.5 Å². The number of benzene rings is 1. The van der Waals surface area contributed by atoms with Gasteiger partial charge >= 0.3 is 0 Å². The molecule has 0 unspecified atom stereocenters. The summed E-state index contributed by atoms with van der Waals surface area (Å²) in [4.78, 5) is 0. The van der Waals surface area contributed by atoms with Crippen LogP contribution in [0.1, 0.15) is 19.4 Å². The van der Waals surface area contributed by atoms with Crippen molar-refractivity contribution in [1.82, 2.24) is 0 Å². The van der Waals surface area contributed by atoms with Crippen LogP contribution < -0.4 is 0 Å². The van der Waals surface area contributed by atoms with Crippen LogP contribution >= 0.6 is 15.9 Å². The normalized spacial score (nSPS) is 12.3. The predicted octanol–water partition coefficient (Wildman–Crippen LogP) is 3.23. The topological polar surface area (TPSA) is 20.2 Å². The molecule has 0 atom stereocenters. The molecular weight excluding hydrogens is 228 g/mol. The highest BCUT2D eigenvalue weighted by molar-refractivity contribution is 9.10. The van der Waals surface area contributed by atoms with Crippen molar-refractivity contribution in [2.24, 2.45) is 0 Å². The second kappa shape index (κ2) is 4.07. The minimum Gasteiger partial charge on any atom is -0.386 e. The Balaban J connectivity index is 2.80. The van der Waals surface area contributed by atoms with E-state index in [4.69, 9.17) is 0 Å². The average molecular weight is 241 g/mol. The third kappa shape index (κ3) is 4.25. The molecule has 1 aromatic rings. The van der Waals surface area contributed by atoms with Crippen LogP contribution in [0, 0.1) is 0 Å². The quantitative estimate of drug-likeness (QED) is 0.842. The van der Waals surface area contributed by atoms with E-state index in [2.05, 4.69) is 15.9 Å². The first-order valence-corrected chi connectivity index (χ1v) is 4.94. The summed E-state index contributed by atoms with van der Waals surface area (Å²) < 4.78 is 1.05. The van der Waals surface area contributed by atoms with Gasteiger partial charge in [-0.2, -0.15) is 0 Å². The largest absolute Gasteiger partial charge is 0.386 e. The van der Waals surface area contributed by atoms with Crippen LogP contribution in [0.5, 0.6) is 0 Å². The van der Waals surface area contributed by atoms with Crippen LogP contribution in [0.3, 0.4) is 0 Å². The van der Waals surface area contributed by atoms with Gasteiger partial charge < -0.3 is 5.11 Å². The smallest absolute Gasteiger partial charge is 0.0774 e. The van der Waals surface area contributed by atoms with Gasteiger partial charge in [-0.15, -0.1) is 0 Å². The minimum atomic E-state index is -0.748. The molecule has 0 radical (unpaired) electrons. The SMILES string of the molecule is CC(C)(O)/C=C/c1cccc(Br)c1. The molecule has 0 spiro atoms. The van der Waals surface area contributed by atoms with Crippen LogP contribution in [-0.4, -0.2) is 10.7 Å². The van der Waals surface area contributed by atoms with E-state index < -0.39 is 5.60 Å². The predicted molar refractivity (Wildman–Crippen MR) is 59.5 cm³/mol. The van der Waals surface area contributed by atoms with Gasteiger partial charge in [0.05, 0.1) is 5.60 Å². The highest BCUT2D eigenvalue weighted by Crippen LogP contribution is 2.14. The second-order valence-corrected chi connectivity index (χ2v) is 4.46. The number of aliphatic hydroxyl groups is 1. The first kappa shape index (κ1) is 10.5. The van der Waals surface area contributed by atoms with Crippen LogP contribution in [0.25, 0.3) is 6.08 Å². The Morgan fingerprint density at radius 1 is 1.38 bits per heavy atom. The Kier molecular flexibility index (Phi) is 3.28. The minimum absolute atomic E-state index is 0.748. The number of rotatable bonds is 2. The Bertz CT molecular complexity index is 310. The molecule has 0 aliphatic rings. The zero-order valence-corrected chi connectivity index (χ0v) is 9.38. The monoisotopic (exact) mass is 240 g/mol. The van der Waals surface area contributed by atoms with Gasteiger partial charge in [0.1, 0.15) is 0 Å². The van der Waals surface area contributed by atoms with Crippen molar-refractivity contribution in [3.8, 4) is 0 Å². The lowest BCUT2D eigenvalue weighted by Crippen LogP contribution is -2.13. The molecule has 2 heteroatoms. The molecule has 0 saturated heterocycles. The summed E-state index contributed by atoms with van der Waals surface area (Å²) in [7, 11) is 0. The molecule has 0 bridgehead atoms. The van der Waals surface area contributed by atoms with Gasteiger partial charge in [0, 0.05) is 4.47 Å². The standard InChI is InChI=1S/C11H13BrO/c1-11(2,13)7-6-9-4-3-5-10(12)8-9/h3-8,13H,1-2H3/b7-6+. The molecule has 13 heavy (non-hydrogen) atoms. The lowest BCUT2D eigenvalue weighted by molar-refractivity contribution is 0.134. The maximum Gasteiger partial charge on any atom is 0.0774 e. The van der Waals surface area contributed by atoms with E-state index in [1.54, 1.807) is 19.9 Å². The van der Waals surface area contributed by atoms with Crippen molar-refractivity contribution in [2.75, 3.05) is 0 Å². The zero-order chi connectivity index (χ0) is 9.90. The fourth-order valence-electron chi connectivity index (χ4n) is 0.910.